The van der Waals surface area contributed by atoms with Gasteiger partial charge in [-0.3, -0.25) is 4.79 Å². The molecule has 130 valence electrons. The standard InChI is InChI=1S/C21H22O4/c1-21(2)19(25-21)11-15-17(23-3)10-9-14-16(22)12-18(24-20(14)15)13-7-5-4-6-8-13/h4-10,18-19H,11-12H2,1-3H3. The minimum absolute atomic E-state index is 0.106. The van der Waals surface area contributed by atoms with Crippen molar-refractivity contribution in [1.29, 1.82) is 0 Å². The number of carbonyl (C=O) groups is 1. The van der Waals surface area contributed by atoms with Crippen molar-refractivity contribution in [2.45, 2.75) is 44.5 Å². The average Bonchev–Trinajstić information content (AvgIpc) is 3.22. The van der Waals surface area contributed by atoms with E-state index in [-0.39, 0.29) is 23.6 Å². The molecule has 2 atom stereocenters. The topological polar surface area (TPSA) is 48.1 Å². The van der Waals surface area contributed by atoms with Crippen molar-refractivity contribution in [3.8, 4) is 11.5 Å². The highest BCUT2D eigenvalue weighted by molar-refractivity contribution is 6.00. The van der Waals surface area contributed by atoms with Crippen molar-refractivity contribution in [2.75, 3.05) is 7.11 Å². The number of rotatable bonds is 4. The fourth-order valence-electron chi connectivity index (χ4n) is 3.47. The lowest BCUT2D eigenvalue weighted by Crippen LogP contribution is -2.22. The molecule has 1 saturated heterocycles. The van der Waals surface area contributed by atoms with Crippen LogP contribution in [0.2, 0.25) is 0 Å². The molecule has 25 heavy (non-hydrogen) atoms. The fraction of sp³-hybridized carbons (Fsp3) is 0.381. The van der Waals surface area contributed by atoms with E-state index in [1.807, 2.05) is 36.4 Å². The minimum Gasteiger partial charge on any atom is -0.496 e. The molecular weight excluding hydrogens is 316 g/mol. The zero-order chi connectivity index (χ0) is 17.6. The predicted molar refractivity (Wildman–Crippen MR) is 94.4 cm³/mol. The van der Waals surface area contributed by atoms with Crippen LogP contribution in [0.4, 0.5) is 0 Å². The predicted octanol–water partition coefficient (Wildman–Crippen LogP) is 4.12. The van der Waals surface area contributed by atoms with Crippen LogP contribution in [0.5, 0.6) is 11.5 Å². The largest absolute Gasteiger partial charge is 0.496 e. The van der Waals surface area contributed by atoms with E-state index in [0.717, 1.165) is 16.9 Å². The molecule has 0 amide bonds. The van der Waals surface area contributed by atoms with Gasteiger partial charge in [0.1, 0.15) is 17.6 Å². The zero-order valence-electron chi connectivity index (χ0n) is 14.7. The SMILES string of the molecule is COc1ccc2c(c1CC1OC1(C)C)OC(c1ccccc1)CC2=O. The Labute approximate surface area is 147 Å². The summed E-state index contributed by atoms with van der Waals surface area (Å²) in [7, 11) is 1.64. The van der Waals surface area contributed by atoms with Crippen molar-refractivity contribution in [2.24, 2.45) is 0 Å². The second-order valence-electron chi connectivity index (χ2n) is 7.18. The molecule has 0 saturated carbocycles. The molecule has 4 heteroatoms. The number of hydrogen-bond donors (Lipinski definition) is 0. The van der Waals surface area contributed by atoms with Crippen molar-refractivity contribution >= 4 is 5.78 Å². The third kappa shape index (κ3) is 2.91. The normalized spacial score (nSPS) is 23.6. The van der Waals surface area contributed by atoms with E-state index in [4.69, 9.17) is 14.2 Å². The summed E-state index contributed by atoms with van der Waals surface area (Å²) in [6.45, 7) is 4.14. The maximum atomic E-state index is 12.7. The minimum atomic E-state index is -0.264. The third-order valence-corrected chi connectivity index (χ3v) is 5.09. The van der Waals surface area contributed by atoms with Gasteiger partial charge in [-0.1, -0.05) is 30.3 Å². The summed E-state index contributed by atoms with van der Waals surface area (Å²) in [4.78, 5) is 12.7. The summed E-state index contributed by atoms with van der Waals surface area (Å²) in [5, 5.41) is 0. The summed E-state index contributed by atoms with van der Waals surface area (Å²) < 4.78 is 17.6. The van der Waals surface area contributed by atoms with Gasteiger partial charge < -0.3 is 14.2 Å². The Morgan fingerprint density at radius 1 is 1.16 bits per heavy atom. The number of fused-ring (bicyclic) bond motifs is 1. The molecule has 2 unspecified atom stereocenters. The van der Waals surface area contributed by atoms with Crippen LogP contribution in [-0.4, -0.2) is 24.6 Å². The van der Waals surface area contributed by atoms with E-state index in [1.54, 1.807) is 13.2 Å². The second kappa shape index (κ2) is 5.88. The van der Waals surface area contributed by atoms with E-state index < -0.39 is 0 Å². The van der Waals surface area contributed by atoms with Crippen LogP contribution in [0.25, 0.3) is 0 Å². The van der Waals surface area contributed by atoms with Gasteiger partial charge in [-0.15, -0.1) is 0 Å². The lowest BCUT2D eigenvalue weighted by Gasteiger charge is -2.28. The molecule has 0 N–H and O–H groups in total. The molecule has 2 aromatic rings. The van der Waals surface area contributed by atoms with Gasteiger partial charge in [-0.25, -0.2) is 0 Å². The van der Waals surface area contributed by atoms with Gasteiger partial charge in [-0.2, -0.15) is 0 Å². The molecular formula is C21H22O4. The highest BCUT2D eigenvalue weighted by Crippen LogP contribution is 2.45. The van der Waals surface area contributed by atoms with Crippen molar-refractivity contribution in [1.82, 2.24) is 0 Å². The summed E-state index contributed by atoms with van der Waals surface area (Å²) in [6, 6.07) is 13.5. The van der Waals surface area contributed by atoms with Gasteiger partial charge >= 0.3 is 0 Å². The number of benzene rings is 2. The van der Waals surface area contributed by atoms with Crippen molar-refractivity contribution in [3.05, 3.63) is 59.2 Å². The Morgan fingerprint density at radius 3 is 2.52 bits per heavy atom. The number of methoxy groups -OCH3 is 1. The molecule has 0 radical (unpaired) electrons. The number of carbonyl (C=O) groups excluding carboxylic acids is 1. The summed E-state index contributed by atoms with van der Waals surface area (Å²) >= 11 is 0. The summed E-state index contributed by atoms with van der Waals surface area (Å²) in [5.74, 6) is 1.50. The molecule has 0 aliphatic carbocycles. The lowest BCUT2D eigenvalue weighted by atomic mass is 9.92. The highest BCUT2D eigenvalue weighted by Gasteiger charge is 2.48. The van der Waals surface area contributed by atoms with Gasteiger partial charge in [0, 0.05) is 12.0 Å². The van der Waals surface area contributed by atoms with Crippen LogP contribution >= 0.6 is 0 Å². The van der Waals surface area contributed by atoms with E-state index in [1.165, 1.54) is 0 Å². The molecule has 1 fully saturated rings. The lowest BCUT2D eigenvalue weighted by molar-refractivity contribution is 0.0846. The molecule has 0 aromatic heterocycles. The Morgan fingerprint density at radius 2 is 1.88 bits per heavy atom. The van der Waals surface area contributed by atoms with E-state index in [2.05, 4.69) is 13.8 Å². The number of ketones is 1. The maximum Gasteiger partial charge on any atom is 0.170 e. The quantitative estimate of drug-likeness (QED) is 0.787. The van der Waals surface area contributed by atoms with Gasteiger partial charge in [0.05, 0.1) is 30.8 Å². The zero-order valence-corrected chi connectivity index (χ0v) is 14.7. The number of Topliss-reactive ketones (excluding diaryl/α,β-unsaturated/α-hetero) is 1. The van der Waals surface area contributed by atoms with E-state index in [9.17, 15) is 4.79 Å². The second-order valence-corrected chi connectivity index (χ2v) is 7.18. The Balaban J connectivity index is 1.73. The molecule has 4 nitrogen and oxygen atoms in total. The first kappa shape index (κ1) is 16.2. The monoisotopic (exact) mass is 338 g/mol. The molecule has 2 heterocycles. The Hall–Kier alpha value is -2.33. The molecule has 0 bridgehead atoms. The van der Waals surface area contributed by atoms with Crippen LogP contribution in [0.3, 0.4) is 0 Å². The van der Waals surface area contributed by atoms with E-state index in [0.29, 0.717) is 24.2 Å². The Kier molecular flexibility index (Phi) is 3.80. The molecule has 0 spiro atoms. The van der Waals surface area contributed by atoms with Gasteiger partial charge in [-0.05, 0) is 31.5 Å². The third-order valence-electron chi connectivity index (χ3n) is 5.09. The van der Waals surface area contributed by atoms with Crippen molar-refractivity contribution in [3.63, 3.8) is 0 Å². The summed E-state index contributed by atoms with van der Waals surface area (Å²) in [6.07, 6.45) is 0.881. The fourth-order valence-corrected chi connectivity index (χ4v) is 3.47. The van der Waals surface area contributed by atoms with Crippen LogP contribution in [0.15, 0.2) is 42.5 Å². The number of epoxide rings is 1. The first-order valence-corrected chi connectivity index (χ1v) is 8.62. The van der Waals surface area contributed by atoms with Crippen molar-refractivity contribution < 1.29 is 19.0 Å². The molecule has 2 aliphatic rings. The molecule has 4 rings (SSSR count). The summed E-state index contributed by atoms with van der Waals surface area (Å²) in [5.41, 5.74) is 2.44. The van der Waals surface area contributed by atoms with E-state index >= 15 is 0 Å². The maximum absolute atomic E-state index is 12.7. The number of hydrogen-bond acceptors (Lipinski definition) is 4. The van der Waals surface area contributed by atoms with Gasteiger partial charge in [0.25, 0.3) is 0 Å². The Bertz CT molecular complexity index is 810. The van der Waals surface area contributed by atoms with Crippen LogP contribution in [0.1, 0.15) is 47.9 Å². The molecule has 2 aliphatic heterocycles. The van der Waals surface area contributed by atoms with Gasteiger partial charge in [0.2, 0.25) is 0 Å². The first-order valence-electron chi connectivity index (χ1n) is 8.62. The van der Waals surface area contributed by atoms with Crippen LogP contribution in [-0.2, 0) is 11.2 Å². The molecule has 2 aromatic carbocycles. The van der Waals surface area contributed by atoms with Crippen LogP contribution in [0, 0.1) is 0 Å². The average molecular weight is 338 g/mol. The number of ether oxygens (including phenoxy) is 3. The van der Waals surface area contributed by atoms with Gasteiger partial charge in [0.15, 0.2) is 5.78 Å². The highest BCUT2D eigenvalue weighted by atomic mass is 16.6. The first-order chi connectivity index (χ1) is 12.0. The van der Waals surface area contributed by atoms with Crippen LogP contribution < -0.4 is 9.47 Å². The smallest absolute Gasteiger partial charge is 0.170 e.